The van der Waals surface area contributed by atoms with Gasteiger partial charge in [-0.15, -0.1) is 0 Å². The smallest absolute Gasteiger partial charge is 0.237 e. The second kappa shape index (κ2) is 32.7. The number of fused-ring (bicyclic) bond motifs is 12. The SMILES string of the molecule is CC(CCN1C(=CC=CC2=[N+](CS(=O)(=O)[O-])c3ccccc3C2(C)C)C(C)(C)c2c1ccc1ccccc21)S(=O)(=O)[O-].CC1(C)C(=CC=CC2=[N+](CS(=O)(=O)[O-])c3ccc4ccccc4c3C2(C)C)N(CS(=O)(=O)[O-])c2ccccc21.Cc1ccc2c(c1)C(C)(C)C(=CC=CC=CC1=[N+](CS(=O)(=O)[O-])c3ccc4ccccc4c3C1(C)C)N2CS(=O)(=O)[O-]. The molecule has 0 radical (unpaired) electrons. The topological polar surface area (TPSA) is 362 Å². The van der Waals surface area contributed by atoms with Crippen molar-refractivity contribution in [2.24, 2.45) is 0 Å². The average molecular weight is 1780 g/mol. The molecule has 6 aliphatic heterocycles. The summed E-state index contributed by atoms with van der Waals surface area (Å²) in [5, 5.41) is 5.12. The van der Waals surface area contributed by atoms with Crippen LogP contribution >= 0.6 is 0 Å². The summed E-state index contributed by atoms with van der Waals surface area (Å²) < 4.78 is 218. The number of rotatable bonds is 21. The molecule has 0 bridgehead atoms. The van der Waals surface area contributed by atoms with Crippen LogP contribution in [0, 0.1) is 6.92 Å². The van der Waals surface area contributed by atoms with Gasteiger partial charge in [-0.3, -0.25) is 0 Å². The van der Waals surface area contributed by atoms with Crippen molar-refractivity contribution in [3.63, 3.8) is 0 Å². The van der Waals surface area contributed by atoms with Gasteiger partial charge in [0.05, 0.1) is 26.4 Å². The van der Waals surface area contributed by atoms with Gasteiger partial charge in [0.25, 0.3) is 0 Å². The fourth-order valence-electron chi connectivity index (χ4n) is 18.7. The zero-order valence-electron chi connectivity index (χ0n) is 70.6. The zero-order valence-corrected chi connectivity index (χ0v) is 75.5. The Hall–Kier alpha value is -10.2. The molecule has 0 N–H and O–H groups in total. The molecule has 0 aromatic heterocycles. The van der Waals surface area contributed by atoms with Gasteiger partial charge in [-0.25, -0.2) is 50.5 Å². The van der Waals surface area contributed by atoms with Crippen LogP contribution < -0.4 is 14.7 Å². The lowest BCUT2D eigenvalue weighted by Gasteiger charge is -2.28. The third-order valence-corrected chi connectivity index (χ3v) is 28.4. The molecule has 1 unspecified atom stereocenters. The summed E-state index contributed by atoms with van der Waals surface area (Å²) in [6.45, 7) is 27.8. The van der Waals surface area contributed by atoms with Crippen LogP contribution in [0.25, 0.3) is 32.3 Å². The van der Waals surface area contributed by atoms with Gasteiger partial charge in [-0.2, -0.15) is 13.7 Å². The van der Waals surface area contributed by atoms with E-state index in [9.17, 15) is 77.8 Å². The Labute approximate surface area is 721 Å². The molecule has 0 saturated carbocycles. The number of benzene rings is 9. The monoisotopic (exact) mass is 1780 g/mol. The molecule has 1 atom stereocenters. The fraction of sp³-hybridized carbons (Fsp3) is 0.301. The molecule has 15 rings (SSSR count). The zero-order chi connectivity index (χ0) is 89.7. The molecular formula is C93H97N6O18S6-3. The molecule has 0 saturated heterocycles. The molecule has 24 nitrogen and oxygen atoms in total. The Morgan fingerprint density at radius 1 is 0.341 bits per heavy atom. The van der Waals surface area contributed by atoms with Crippen LogP contribution in [0.3, 0.4) is 0 Å². The van der Waals surface area contributed by atoms with Crippen molar-refractivity contribution in [1.29, 1.82) is 0 Å². The Morgan fingerprint density at radius 2 is 0.715 bits per heavy atom. The standard InChI is InChI=1S/C32H36N2O6S2.C32H34N2O6S2.C29H30N2O6S2/c1-22(42(38,39)40)19-20-33-27-18-17-23-11-6-7-12-24(23)30(27)32(4,5)29(33)16-10-15-28-31(2,3)25-13-8-9-14-26(25)34(28)21-41(35,36)37;1-22-15-17-26-25(19-22)31(2,3)28(33(26)20-41(35,36)37)13-7-6-8-14-29-32(4,5)30-24-12-10-9-11-23(24)16-18-27(30)34(29)21-42(38,39)40;1-28(2)22-12-7-8-13-23(22)30(18-38(32,33)34)25(28)14-9-15-26-29(3,4)27-21-11-6-5-10-20(21)16-17-24(27)31(26)19-39(35,36)37/h6-18,22H,19-21H2,1-5H3,(H-,35,36,37,38,39,40);6-19H,20-21H2,1-5H3,(H-,35,36,37,38,39,40);5-17H,18-19H2,1-4H3,(H-,32,33,34,35,36,37)/p-3. The second-order valence-electron chi connectivity index (χ2n) is 34.9. The molecule has 6 heterocycles. The number of aryl methyl sites for hydroxylation is 1. The lowest BCUT2D eigenvalue weighted by molar-refractivity contribution is -0.416. The van der Waals surface area contributed by atoms with E-state index in [1.807, 2.05) is 246 Å². The quantitative estimate of drug-likeness (QED) is 0.0366. The Bertz CT molecular complexity index is 6970. The molecule has 0 amide bonds. The highest BCUT2D eigenvalue weighted by Crippen LogP contribution is 2.54. The second-order valence-corrected chi connectivity index (χ2v) is 43.6. The van der Waals surface area contributed by atoms with Crippen molar-refractivity contribution in [1.82, 2.24) is 0 Å². The fourth-order valence-corrected chi connectivity index (χ4v) is 22.0. The number of hydrogen-bond donors (Lipinski definition) is 0. The predicted molar refractivity (Wildman–Crippen MR) is 479 cm³/mol. The summed E-state index contributed by atoms with van der Waals surface area (Å²) in [5.74, 6) is -3.50. The number of hydrogen-bond acceptors (Lipinski definition) is 21. The molecule has 123 heavy (non-hydrogen) atoms. The third-order valence-electron chi connectivity index (χ3n) is 24.3. The summed E-state index contributed by atoms with van der Waals surface area (Å²) in [6, 6.07) is 55.9. The molecule has 30 heteroatoms. The summed E-state index contributed by atoms with van der Waals surface area (Å²) in [7, 11) is -27.3. The summed E-state index contributed by atoms with van der Waals surface area (Å²) in [4.78, 5) is 5.13. The first kappa shape index (κ1) is 90.5. The van der Waals surface area contributed by atoms with Gasteiger partial charge in [-0.1, -0.05) is 205 Å². The number of nitrogens with zero attached hydrogens (tertiary/aromatic N) is 6. The van der Waals surface area contributed by atoms with Gasteiger partial charge in [0.15, 0.2) is 47.5 Å². The minimum atomic E-state index is -4.62. The van der Waals surface area contributed by atoms with Gasteiger partial charge in [0.2, 0.25) is 34.7 Å². The van der Waals surface area contributed by atoms with Gasteiger partial charge >= 0.3 is 0 Å². The van der Waals surface area contributed by atoms with Crippen LogP contribution in [-0.4, -0.2) is 150 Å². The van der Waals surface area contributed by atoms with Crippen molar-refractivity contribution in [2.75, 3.05) is 50.6 Å². The first-order valence-electron chi connectivity index (χ1n) is 39.8. The van der Waals surface area contributed by atoms with Crippen molar-refractivity contribution in [2.45, 2.75) is 141 Å². The maximum Gasteiger partial charge on any atom is 0.237 e. The van der Waals surface area contributed by atoms with Gasteiger partial charge in [0, 0.05) is 115 Å². The largest absolute Gasteiger partial charge is 0.748 e. The van der Waals surface area contributed by atoms with Gasteiger partial charge in [-0.05, 0) is 159 Å². The van der Waals surface area contributed by atoms with E-state index in [4.69, 9.17) is 0 Å². The molecule has 0 spiro atoms. The minimum absolute atomic E-state index is 0.157. The minimum Gasteiger partial charge on any atom is -0.748 e. The van der Waals surface area contributed by atoms with Crippen molar-refractivity contribution < 1.29 is 91.5 Å². The first-order chi connectivity index (χ1) is 57.1. The average Bonchev–Trinajstić information content (AvgIpc) is 1.59. The van der Waals surface area contributed by atoms with E-state index in [2.05, 4.69) is 30.9 Å². The van der Waals surface area contributed by atoms with Crippen molar-refractivity contribution in [3.05, 3.63) is 299 Å². The molecule has 646 valence electrons. The Morgan fingerprint density at radius 3 is 1.19 bits per heavy atom. The molecule has 9 aromatic carbocycles. The normalized spacial score (nSPS) is 19.3. The van der Waals surface area contributed by atoms with Crippen molar-refractivity contribution in [3.8, 4) is 0 Å². The summed E-state index contributed by atoms with van der Waals surface area (Å²) in [6.07, 6.45) is 19.9. The summed E-state index contributed by atoms with van der Waals surface area (Å²) >= 11 is 0. The predicted octanol–water partition coefficient (Wildman–Crippen LogP) is 15.1. The van der Waals surface area contributed by atoms with Crippen LogP contribution in [-0.2, 0) is 93.2 Å². The van der Waals surface area contributed by atoms with Gasteiger partial charge < -0.3 is 42.0 Å². The lowest BCUT2D eigenvalue weighted by Crippen LogP contribution is -2.31. The Balaban J connectivity index is 0.000000159. The van der Waals surface area contributed by atoms with Crippen LogP contribution in [0.2, 0.25) is 0 Å². The van der Waals surface area contributed by atoms with E-state index in [0.717, 1.165) is 82.6 Å². The van der Waals surface area contributed by atoms with Crippen LogP contribution in [0.4, 0.5) is 34.1 Å². The van der Waals surface area contributed by atoms with E-state index < -0.39 is 128 Å². The lowest BCUT2D eigenvalue weighted by atomic mass is 9.79. The molecular weight excluding hydrogens is 1680 g/mol. The van der Waals surface area contributed by atoms with E-state index in [1.54, 1.807) is 74.8 Å². The van der Waals surface area contributed by atoms with Crippen LogP contribution in [0.15, 0.2) is 260 Å². The highest BCUT2D eigenvalue weighted by Gasteiger charge is 2.50. The number of allylic oxidation sites excluding steroid dienone is 14. The maximum absolute atomic E-state index is 11.9. The summed E-state index contributed by atoms with van der Waals surface area (Å²) in [5.41, 5.74) is 11.8. The van der Waals surface area contributed by atoms with E-state index in [1.165, 1.54) is 16.4 Å². The Kier molecular flexibility index (Phi) is 24.1. The highest BCUT2D eigenvalue weighted by molar-refractivity contribution is 7.87. The molecule has 0 fully saturated rings. The molecule has 0 aliphatic carbocycles. The highest BCUT2D eigenvalue weighted by atomic mass is 32.2. The van der Waals surface area contributed by atoms with E-state index >= 15 is 0 Å². The van der Waals surface area contributed by atoms with Gasteiger partial charge in [0.1, 0.15) is 32.0 Å². The number of anilines is 3. The molecule has 6 aliphatic rings. The van der Waals surface area contributed by atoms with E-state index in [-0.39, 0.29) is 6.42 Å². The molecule has 9 aromatic rings. The third kappa shape index (κ3) is 18.1. The maximum atomic E-state index is 11.9. The van der Waals surface area contributed by atoms with Crippen LogP contribution in [0.5, 0.6) is 0 Å². The first-order valence-corrected chi connectivity index (χ1v) is 49.1. The number of para-hydroxylation sites is 2. The van der Waals surface area contributed by atoms with Crippen molar-refractivity contribution >= 4 is 144 Å². The van der Waals surface area contributed by atoms with Crippen LogP contribution in [0.1, 0.15) is 135 Å². The van der Waals surface area contributed by atoms with E-state index in [0.29, 0.717) is 63.5 Å².